The fourth-order valence-electron chi connectivity index (χ4n) is 5.93. The lowest BCUT2D eigenvalue weighted by molar-refractivity contribution is -0.132. The quantitative estimate of drug-likeness (QED) is 0.0622. The van der Waals surface area contributed by atoms with Crippen LogP contribution in [0.2, 0.25) is 0 Å². The summed E-state index contributed by atoms with van der Waals surface area (Å²) in [6.45, 7) is 4.32. The minimum Gasteiger partial charge on any atom is -0.507 e. The third-order valence-corrected chi connectivity index (χ3v) is 10.0. The van der Waals surface area contributed by atoms with Gasteiger partial charge in [0.15, 0.2) is 4.34 Å². The van der Waals surface area contributed by atoms with Crippen LogP contribution >= 0.6 is 23.1 Å². The first kappa shape index (κ1) is 29.1. The zero-order chi connectivity index (χ0) is 31.1. The van der Waals surface area contributed by atoms with Gasteiger partial charge in [-0.25, -0.2) is 0 Å². The Morgan fingerprint density at radius 3 is 2.73 bits per heavy atom. The molecule has 2 aliphatic heterocycles. The Morgan fingerprint density at radius 2 is 1.87 bits per heavy atom. The predicted octanol–water partition coefficient (Wildman–Crippen LogP) is 7.33. The number of carbonyl (C=O) groups excluding carboxylic acids is 2. The molecule has 2 unspecified atom stereocenters. The molecular weight excluding hydrogens is 607 g/mol. The van der Waals surface area contributed by atoms with Gasteiger partial charge in [0, 0.05) is 17.7 Å². The number of aromatic nitrogens is 2. The highest BCUT2D eigenvalue weighted by Gasteiger charge is 2.48. The van der Waals surface area contributed by atoms with E-state index in [1.165, 1.54) is 33.4 Å². The number of ether oxygens (including phenoxy) is 2. The first-order chi connectivity index (χ1) is 21.9. The number of thioether (sulfide) groups is 1. The maximum Gasteiger partial charge on any atom is 0.301 e. The van der Waals surface area contributed by atoms with Crippen molar-refractivity contribution in [3.05, 3.63) is 113 Å². The fourth-order valence-corrected chi connectivity index (χ4v) is 7.80. The zero-order valence-electron chi connectivity index (χ0n) is 24.6. The highest BCUT2D eigenvalue weighted by molar-refractivity contribution is 8.00. The molecule has 2 aliphatic rings. The number of nitrogens with zero attached hydrogens (tertiary/aromatic N) is 3. The van der Waals surface area contributed by atoms with Crippen molar-refractivity contribution in [2.45, 2.75) is 42.5 Å². The first-order valence-corrected chi connectivity index (χ1v) is 16.5. The molecule has 226 valence electrons. The Balaban J connectivity index is 1.26. The van der Waals surface area contributed by atoms with Crippen LogP contribution in [-0.4, -0.2) is 39.7 Å². The van der Waals surface area contributed by atoms with Crippen LogP contribution in [0.25, 0.3) is 16.5 Å². The lowest BCUT2D eigenvalue weighted by atomic mass is 9.94. The summed E-state index contributed by atoms with van der Waals surface area (Å²) in [6.07, 6.45) is 0.712. The number of anilines is 1. The van der Waals surface area contributed by atoms with E-state index < -0.39 is 17.7 Å². The number of ketones is 1. The number of aliphatic hydroxyl groups excluding tert-OH is 1. The third-order valence-electron chi connectivity index (χ3n) is 7.93. The van der Waals surface area contributed by atoms with Gasteiger partial charge in [-0.1, -0.05) is 77.7 Å². The van der Waals surface area contributed by atoms with Crippen LogP contribution in [0.5, 0.6) is 11.5 Å². The second-order valence-electron chi connectivity index (χ2n) is 10.9. The molecule has 2 atom stereocenters. The molecule has 4 aromatic carbocycles. The third kappa shape index (κ3) is 5.44. The molecular formula is C35H29N3O5S2. The number of Topliss-reactive ketones (excluding diaryl/α,β-unsaturated/α-hetero) is 1. The Labute approximate surface area is 268 Å². The van der Waals surface area contributed by atoms with Crippen LogP contribution in [0.3, 0.4) is 0 Å². The van der Waals surface area contributed by atoms with E-state index in [9.17, 15) is 14.7 Å². The fraction of sp³-hybridized carbons (Fsp3) is 0.200. The van der Waals surface area contributed by atoms with Gasteiger partial charge in [-0.3, -0.25) is 14.5 Å². The summed E-state index contributed by atoms with van der Waals surface area (Å²) >= 11 is 2.76. The minimum absolute atomic E-state index is 0.0132. The van der Waals surface area contributed by atoms with Crippen molar-refractivity contribution in [3.63, 3.8) is 0 Å². The summed E-state index contributed by atoms with van der Waals surface area (Å²) < 4.78 is 12.2. The smallest absolute Gasteiger partial charge is 0.301 e. The van der Waals surface area contributed by atoms with Crippen molar-refractivity contribution in [2.75, 3.05) is 11.5 Å². The largest absolute Gasteiger partial charge is 0.507 e. The number of aliphatic hydroxyl groups is 1. The van der Waals surface area contributed by atoms with E-state index in [4.69, 9.17) is 9.47 Å². The Morgan fingerprint density at radius 1 is 1.04 bits per heavy atom. The summed E-state index contributed by atoms with van der Waals surface area (Å²) in [5, 5.41) is 23.0. The van der Waals surface area contributed by atoms with Crippen LogP contribution in [0.4, 0.5) is 5.13 Å². The van der Waals surface area contributed by atoms with Crippen molar-refractivity contribution in [1.29, 1.82) is 0 Å². The number of carbonyl (C=O) groups is 2. The lowest BCUT2D eigenvalue weighted by Crippen LogP contribution is -2.29. The number of fused-ring (bicyclic) bond motifs is 2. The molecule has 3 heterocycles. The van der Waals surface area contributed by atoms with E-state index in [1.54, 1.807) is 24.3 Å². The van der Waals surface area contributed by atoms with E-state index in [1.807, 2.05) is 50.2 Å². The first-order valence-electron chi connectivity index (χ1n) is 14.7. The molecule has 8 nitrogen and oxygen atoms in total. The molecule has 0 bridgehead atoms. The van der Waals surface area contributed by atoms with Gasteiger partial charge in [-0.2, -0.15) is 0 Å². The van der Waals surface area contributed by atoms with Crippen LogP contribution in [-0.2, 0) is 21.8 Å². The van der Waals surface area contributed by atoms with Crippen LogP contribution in [0, 0.1) is 0 Å². The van der Waals surface area contributed by atoms with Crippen LogP contribution in [0.1, 0.15) is 42.1 Å². The van der Waals surface area contributed by atoms with E-state index in [0.717, 1.165) is 22.3 Å². The van der Waals surface area contributed by atoms with Gasteiger partial charge < -0.3 is 14.6 Å². The summed E-state index contributed by atoms with van der Waals surface area (Å²) in [5.74, 6) is 0.193. The summed E-state index contributed by atoms with van der Waals surface area (Å²) in [4.78, 5) is 28.8. The van der Waals surface area contributed by atoms with Gasteiger partial charge in [0.05, 0.1) is 18.2 Å². The summed E-state index contributed by atoms with van der Waals surface area (Å²) in [7, 11) is 0. The number of benzene rings is 4. The van der Waals surface area contributed by atoms with Crippen LogP contribution < -0.4 is 14.4 Å². The summed E-state index contributed by atoms with van der Waals surface area (Å²) in [6, 6.07) is 26.0. The topological polar surface area (TPSA) is 102 Å². The molecule has 5 aromatic rings. The average molecular weight is 636 g/mol. The van der Waals surface area contributed by atoms with Crippen molar-refractivity contribution in [1.82, 2.24) is 10.2 Å². The molecule has 45 heavy (non-hydrogen) atoms. The number of rotatable bonds is 8. The Hall–Kier alpha value is -4.67. The molecule has 1 fully saturated rings. The van der Waals surface area contributed by atoms with Crippen molar-refractivity contribution >= 4 is 56.5 Å². The molecule has 1 aromatic heterocycles. The number of hydrogen-bond acceptors (Lipinski definition) is 9. The lowest BCUT2D eigenvalue weighted by Gasteiger charge is -2.23. The van der Waals surface area contributed by atoms with Gasteiger partial charge in [-0.05, 0) is 71.6 Å². The second kappa shape index (κ2) is 12.0. The van der Waals surface area contributed by atoms with Crippen molar-refractivity contribution in [3.8, 4) is 11.5 Å². The Kier molecular flexibility index (Phi) is 7.76. The molecule has 0 saturated carbocycles. The van der Waals surface area contributed by atoms with Gasteiger partial charge in [0.25, 0.3) is 5.78 Å². The molecule has 10 heteroatoms. The predicted molar refractivity (Wildman–Crippen MR) is 176 cm³/mol. The molecule has 1 N–H and O–H groups in total. The monoisotopic (exact) mass is 635 g/mol. The number of hydrogen-bond donors (Lipinski definition) is 1. The second-order valence-corrected chi connectivity index (χ2v) is 13.1. The maximum atomic E-state index is 13.7. The minimum atomic E-state index is -0.933. The van der Waals surface area contributed by atoms with Gasteiger partial charge in [-0.15, -0.1) is 10.2 Å². The van der Waals surface area contributed by atoms with Crippen molar-refractivity contribution < 1.29 is 24.2 Å². The molecule has 0 radical (unpaired) electrons. The van der Waals surface area contributed by atoms with E-state index >= 15 is 0 Å². The Bertz CT molecular complexity index is 1980. The van der Waals surface area contributed by atoms with Crippen LogP contribution in [0.15, 0.2) is 94.8 Å². The van der Waals surface area contributed by atoms with E-state index in [-0.39, 0.29) is 22.6 Å². The van der Waals surface area contributed by atoms with Gasteiger partial charge in [0.1, 0.15) is 23.4 Å². The molecule has 1 saturated heterocycles. The highest BCUT2D eigenvalue weighted by atomic mass is 32.2. The standard InChI is InChI=1S/C35H29N3O5S2/c1-3-42-26-12-7-10-22(18-26)30-29(31(39)23-14-15-28-25(17-23)16-20(2)43-28)32(40)33(41)38(30)34-36-37-35(45-34)44-19-24-11-6-9-21-8-4-5-13-27(21)24/h4-15,17-18,20,30,39H,3,16,19H2,1-2H3/b31-29+. The molecule has 0 spiro atoms. The molecule has 0 aliphatic carbocycles. The summed E-state index contributed by atoms with van der Waals surface area (Å²) in [5.41, 5.74) is 3.14. The SMILES string of the molecule is CCOc1cccc(C2/C(=C(\O)c3ccc4c(c3)CC(C)O4)C(=O)C(=O)N2c2nnc(SCc3cccc4ccccc34)s2)c1. The molecule has 7 rings (SSSR count). The number of amides is 1. The van der Waals surface area contributed by atoms with Crippen molar-refractivity contribution in [2.24, 2.45) is 0 Å². The molecule has 1 amide bonds. The maximum absolute atomic E-state index is 13.7. The highest BCUT2D eigenvalue weighted by Crippen LogP contribution is 2.45. The van der Waals surface area contributed by atoms with Gasteiger partial charge >= 0.3 is 5.91 Å². The zero-order valence-corrected chi connectivity index (χ0v) is 26.2. The van der Waals surface area contributed by atoms with E-state index in [2.05, 4.69) is 34.5 Å². The average Bonchev–Trinajstić information content (AvgIpc) is 3.74. The van der Waals surface area contributed by atoms with Gasteiger partial charge in [0.2, 0.25) is 5.13 Å². The normalized spacial score (nSPS) is 18.8. The van der Waals surface area contributed by atoms with E-state index in [0.29, 0.717) is 40.0 Å².